The molecule has 1 aromatic rings. The van der Waals surface area contributed by atoms with Gasteiger partial charge in [-0.1, -0.05) is 26.0 Å². The van der Waals surface area contributed by atoms with Crippen molar-refractivity contribution >= 4 is 0 Å². The van der Waals surface area contributed by atoms with E-state index in [9.17, 15) is 4.39 Å². The number of hydrogen-bond acceptors (Lipinski definition) is 2. The Morgan fingerprint density at radius 1 is 1.44 bits per heavy atom. The van der Waals surface area contributed by atoms with Crippen LogP contribution in [0, 0.1) is 22.6 Å². The Balaban J connectivity index is 2.51. The topological polar surface area (TPSA) is 35.8 Å². The van der Waals surface area contributed by atoms with Crippen LogP contribution in [-0.2, 0) is 0 Å². The zero-order valence-electron chi connectivity index (χ0n) is 11.3. The van der Waals surface area contributed by atoms with Crippen LogP contribution in [0.3, 0.4) is 0 Å². The van der Waals surface area contributed by atoms with Crippen molar-refractivity contribution < 1.29 is 4.39 Å². The molecule has 1 N–H and O–H groups in total. The van der Waals surface area contributed by atoms with E-state index in [0.29, 0.717) is 6.42 Å². The van der Waals surface area contributed by atoms with Crippen molar-refractivity contribution in [3.8, 4) is 6.07 Å². The number of hydrogen-bond donors (Lipinski definition) is 1. The van der Waals surface area contributed by atoms with Gasteiger partial charge in [0, 0.05) is 19.0 Å². The van der Waals surface area contributed by atoms with E-state index in [2.05, 4.69) is 25.2 Å². The molecule has 0 aromatic heterocycles. The molecular weight excluding hydrogens is 227 g/mol. The quantitative estimate of drug-likeness (QED) is 0.831. The highest BCUT2D eigenvalue weighted by Crippen LogP contribution is 2.22. The van der Waals surface area contributed by atoms with Crippen molar-refractivity contribution in [2.75, 3.05) is 6.54 Å². The maximum absolute atomic E-state index is 13.1. The van der Waals surface area contributed by atoms with Crippen molar-refractivity contribution in [1.82, 2.24) is 5.32 Å². The fraction of sp³-hybridized carbons (Fsp3) is 0.533. The number of nitriles is 1. The summed E-state index contributed by atoms with van der Waals surface area (Å²) in [6, 6.07) is 8.94. The Kier molecular flexibility index (Phi) is 5.30. The van der Waals surface area contributed by atoms with E-state index in [1.165, 1.54) is 6.07 Å². The van der Waals surface area contributed by atoms with Crippen LogP contribution in [0.4, 0.5) is 4.39 Å². The van der Waals surface area contributed by atoms with Crippen molar-refractivity contribution in [2.24, 2.45) is 5.41 Å². The summed E-state index contributed by atoms with van der Waals surface area (Å²) < 4.78 is 13.1. The Morgan fingerprint density at radius 3 is 2.78 bits per heavy atom. The number of nitrogens with zero attached hydrogens (tertiary/aromatic N) is 1. The van der Waals surface area contributed by atoms with Crippen molar-refractivity contribution in [1.29, 1.82) is 5.26 Å². The van der Waals surface area contributed by atoms with Crippen LogP contribution in [0.1, 0.15) is 45.2 Å². The van der Waals surface area contributed by atoms with Gasteiger partial charge < -0.3 is 5.32 Å². The van der Waals surface area contributed by atoms with Gasteiger partial charge >= 0.3 is 0 Å². The molecular formula is C15H21FN2. The van der Waals surface area contributed by atoms with Gasteiger partial charge in [-0.15, -0.1) is 0 Å². The van der Waals surface area contributed by atoms with Gasteiger partial charge in [0.15, 0.2) is 0 Å². The Labute approximate surface area is 109 Å². The fourth-order valence-corrected chi connectivity index (χ4v) is 1.81. The highest BCUT2D eigenvalue weighted by molar-refractivity contribution is 5.19. The zero-order chi connectivity index (χ0) is 13.6. The summed E-state index contributed by atoms with van der Waals surface area (Å²) in [5, 5.41) is 12.0. The monoisotopic (exact) mass is 248 g/mol. The highest BCUT2D eigenvalue weighted by atomic mass is 19.1. The maximum Gasteiger partial charge on any atom is 0.123 e. The van der Waals surface area contributed by atoms with Crippen molar-refractivity contribution in [3.05, 3.63) is 35.6 Å². The molecule has 98 valence electrons. The number of rotatable bonds is 6. The molecule has 2 nitrogen and oxygen atoms in total. The third-order valence-corrected chi connectivity index (χ3v) is 3.15. The second-order valence-electron chi connectivity index (χ2n) is 5.48. The average Bonchev–Trinajstić information content (AvgIpc) is 2.34. The zero-order valence-corrected chi connectivity index (χ0v) is 11.3. The third-order valence-electron chi connectivity index (χ3n) is 3.15. The first-order valence-electron chi connectivity index (χ1n) is 6.30. The van der Waals surface area contributed by atoms with E-state index in [1.54, 1.807) is 12.1 Å². The smallest absolute Gasteiger partial charge is 0.123 e. The van der Waals surface area contributed by atoms with Crippen LogP contribution < -0.4 is 5.32 Å². The lowest BCUT2D eigenvalue weighted by atomic mass is 9.87. The Morgan fingerprint density at radius 2 is 2.17 bits per heavy atom. The van der Waals surface area contributed by atoms with Gasteiger partial charge in [-0.2, -0.15) is 5.26 Å². The Hall–Kier alpha value is -1.40. The van der Waals surface area contributed by atoms with E-state index < -0.39 is 0 Å². The predicted octanol–water partition coefficient (Wildman–Crippen LogP) is 3.81. The SMILES string of the molecule is CC(NCC(C)(C)CCC#N)c1cccc(F)c1. The third kappa shape index (κ3) is 4.85. The molecule has 0 aliphatic carbocycles. The summed E-state index contributed by atoms with van der Waals surface area (Å²) in [5.41, 5.74) is 1.03. The lowest BCUT2D eigenvalue weighted by Crippen LogP contribution is -2.31. The van der Waals surface area contributed by atoms with E-state index in [4.69, 9.17) is 5.26 Å². The molecule has 0 radical (unpaired) electrons. The molecule has 0 saturated heterocycles. The van der Waals surface area contributed by atoms with Crippen molar-refractivity contribution in [2.45, 2.75) is 39.7 Å². The minimum absolute atomic E-state index is 0.0807. The minimum atomic E-state index is -0.204. The van der Waals surface area contributed by atoms with Crippen LogP contribution in [0.25, 0.3) is 0 Å². The molecule has 1 atom stereocenters. The van der Waals surface area contributed by atoms with Crippen LogP contribution in [0.15, 0.2) is 24.3 Å². The van der Waals surface area contributed by atoms with Gasteiger partial charge in [0.25, 0.3) is 0 Å². The second-order valence-corrected chi connectivity index (χ2v) is 5.48. The second kappa shape index (κ2) is 6.51. The number of benzene rings is 1. The van der Waals surface area contributed by atoms with Gasteiger partial charge in [0.05, 0.1) is 6.07 Å². The molecule has 0 bridgehead atoms. The van der Waals surface area contributed by atoms with Gasteiger partial charge in [0.2, 0.25) is 0 Å². The predicted molar refractivity (Wildman–Crippen MR) is 71.4 cm³/mol. The van der Waals surface area contributed by atoms with E-state index >= 15 is 0 Å². The standard InChI is InChI=1S/C15H21FN2/c1-12(13-6-4-7-14(16)10-13)18-11-15(2,3)8-5-9-17/h4,6-7,10,12,18H,5,8,11H2,1-3H3. The van der Waals surface area contributed by atoms with E-state index in [1.807, 2.05) is 13.0 Å². The molecule has 1 rings (SSSR count). The normalized spacial score (nSPS) is 13.1. The first kappa shape index (κ1) is 14.7. The lowest BCUT2D eigenvalue weighted by molar-refractivity contribution is 0.304. The van der Waals surface area contributed by atoms with Gasteiger partial charge in [-0.25, -0.2) is 4.39 Å². The summed E-state index contributed by atoms with van der Waals surface area (Å²) in [4.78, 5) is 0. The summed E-state index contributed by atoms with van der Waals surface area (Å²) in [6.45, 7) is 7.10. The molecule has 0 fully saturated rings. The summed E-state index contributed by atoms with van der Waals surface area (Å²) in [5.74, 6) is -0.204. The van der Waals surface area contributed by atoms with Crippen molar-refractivity contribution in [3.63, 3.8) is 0 Å². The summed E-state index contributed by atoms with van der Waals surface area (Å²) in [6.07, 6.45) is 1.44. The molecule has 0 saturated carbocycles. The number of halogens is 1. The lowest BCUT2D eigenvalue weighted by Gasteiger charge is -2.26. The van der Waals surface area contributed by atoms with Crippen LogP contribution in [0.5, 0.6) is 0 Å². The minimum Gasteiger partial charge on any atom is -0.310 e. The molecule has 0 spiro atoms. The maximum atomic E-state index is 13.1. The fourth-order valence-electron chi connectivity index (χ4n) is 1.81. The average molecular weight is 248 g/mol. The molecule has 0 heterocycles. The van der Waals surface area contributed by atoms with Crippen LogP contribution >= 0.6 is 0 Å². The van der Waals surface area contributed by atoms with Crippen LogP contribution in [-0.4, -0.2) is 6.54 Å². The van der Waals surface area contributed by atoms with Gasteiger partial charge in [-0.3, -0.25) is 0 Å². The van der Waals surface area contributed by atoms with Gasteiger partial charge in [0.1, 0.15) is 5.82 Å². The van der Waals surface area contributed by atoms with Gasteiger partial charge in [-0.05, 0) is 36.5 Å². The Bertz CT molecular complexity index is 421. The molecule has 1 aromatic carbocycles. The first-order valence-corrected chi connectivity index (χ1v) is 6.30. The molecule has 3 heteroatoms. The molecule has 18 heavy (non-hydrogen) atoms. The highest BCUT2D eigenvalue weighted by Gasteiger charge is 2.18. The molecule has 0 aliphatic heterocycles. The largest absolute Gasteiger partial charge is 0.310 e. The molecule has 0 amide bonds. The van der Waals surface area contributed by atoms with E-state index in [0.717, 1.165) is 18.5 Å². The summed E-state index contributed by atoms with van der Waals surface area (Å²) in [7, 11) is 0. The molecule has 1 unspecified atom stereocenters. The number of nitrogens with one attached hydrogen (secondary N) is 1. The van der Waals surface area contributed by atoms with Crippen LogP contribution in [0.2, 0.25) is 0 Å². The molecule has 0 aliphatic rings. The van der Waals surface area contributed by atoms with E-state index in [-0.39, 0.29) is 17.3 Å². The summed E-state index contributed by atoms with van der Waals surface area (Å²) >= 11 is 0. The first-order chi connectivity index (χ1) is 8.44.